The number of anilines is 1. The molecule has 0 unspecified atom stereocenters. The Bertz CT molecular complexity index is 941. The molecule has 0 aliphatic heterocycles. The summed E-state index contributed by atoms with van der Waals surface area (Å²) < 4.78 is 31.9. The number of para-hydroxylation sites is 1. The van der Waals surface area contributed by atoms with Crippen molar-refractivity contribution in [2.24, 2.45) is 0 Å². The first-order valence-corrected chi connectivity index (χ1v) is 9.30. The molecule has 28 heavy (non-hydrogen) atoms. The highest BCUT2D eigenvalue weighted by Crippen LogP contribution is 2.19. The van der Waals surface area contributed by atoms with Gasteiger partial charge in [0.25, 0.3) is 15.9 Å². The van der Waals surface area contributed by atoms with E-state index in [4.69, 9.17) is 4.74 Å². The summed E-state index contributed by atoms with van der Waals surface area (Å²) in [5.74, 6) is -0.584. The molecule has 2 aromatic rings. The first kappa shape index (κ1) is 21.2. The summed E-state index contributed by atoms with van der Waals surface area (Å²) in [6, 6.07) is 10.7. The van der Waals surface area contributed by atoms with Crippen molar-refractivity contribution < 1.29 is 32.4 Å². The van der Waals surface area contributed by atoms with Crippen LogP contribution in [0.15, 0.2) is 53.4 Å². The number of carbonyl (C=O) groups is 2. The lowest BCUT2D eigenvalue weighted by Crippen LogP contribution is -2.33. The molecule has 0 saturated heterocycles. The number of hydrogen-bond acceptors (Lipinski definition) is 7. The van der Waals surface area contributed by atoms with Crippen molar-refractivity contribution >= 4 is 27.6 Å². The average molecular weight is 409 g/mol. The third-order valence-electron chi connectivity index (χ3n) is 3.49. The minimum absolute atomic E-state index is 0.0803. The summed E-state index contributed by atoms with van der Waals surface area (Å²) in [5, 5.41) is 3.04. The molecular formula is C17H19N3O7S. The minimum Gasteiger partial charge on any atom is -0.496 e. The molecule has 0 atom stereocenters. The van der Waals surface area contributed by atoms with Crippen molar-refractivity contribution in [1.82, 2.24) is 9.95 Å². The molecule has 10 nitrogen and oxygen atoms in total. The van der Waals surface area contributed by atoms with Crippen LogP contribution in [0.5, 0.6) is 5.75 Å². The molecule has 0 aliphatic rings. The van der Waals surface area contributed by atoms with Crippen LogP contribution in [0.3, 0.4) is 0 Å². The van der Waals surface area contributed by atoms with Crippen LogP contribution in [0.1, 0.15) is 10.4 Å². The van der Waals surface area contributed by atoms with E-state index >= 15 is 0 Å². The van der Waals surface area contributed by atoms with Gasteiger partial charge in [0.15, 0.2) is 0 Å². The number of urea groups is 1. The maximum absolute atomic E-state index is 12.4. The van der Waals surface area contributed by atoms with Crippen LogP contribution in [0, 0.1) is 0 Å². The molecule has 0 heterocycles. The van der Waals surface area contributed by atoms with Crippen molar-refractivity contribution in [2.45, 2.75) is 4.90 Å². The fourth-order valence-electron chi connectivity index (χ4n) is 2.20. The number of carbonyl (C=O) groups excluding carboxylic acids is 2. The third-order valence-corrected chi connectivity index (χ3v) is 4.84. The molecule has 0 aliphatic carbocycles. The van der Waals surface area contributed by atoms with Gasteiger partial charge >= 0.3 is 6.03 Å². The predicted molar refractivity (Wildman–Crippen MR) is 99.0 cm³/mol. The summed E-state index contributed by atoms with van der Waals surface area (Å²) in [6.45, 7) is 0. The van der Waals surface area contributed by atoms with Crippen LogP contribution < -0.4 is 14.8 Å². The van der Waals surface area contributed by atoms with Gasteiger partial charge in [-0.2, -0.15) is 0 Å². The van der Waals surface area contributed by atoms with Gasteiger partial charge in [-0.15, -0.1) is 0 Å². The number of sulfonamides is 1. The Morgan fingerprint density at radius 2 is 1.54 bits per heavy atom. The Labute approximate surface area is 162 Å². The highest BCUT2D eigenvalue weighted by molar-refractivity contribution is 7.90. The van der Waals surface area contributed by atoms with Crippen molar-refractivity contribution in [3.05, 3.63) is 54.1 Å². The predicted octanol–water partition coefficient (Wildman–Crippen LogP) is 1.77. The lowest BCUT2D eigenvalue weighted by Gasteiger charge is -2.16. The molecule has 0 bridgehead atoms. The van der Waals surface area contributed by atoms with E-state index in [9.17, 15) is 18.0 Å². The molecule has 0 aromatic heterocycles. The summed E-state index contributed by atoms with van der Waals surface area (Å²) >= 11 is 0. The molecule has 2 rings (SSSR count). The Hall–Kier alpha value is -3.15. The average Bonchev–Trinajstić information content (AvgIpc) is 2.69. The maximum atomic E-state index is 12.4. The quantitative estimate of drug-likeness (QED) is 0.668. The van der Waals surface area contributed by atoms with Gasteiger partial charge in [-0.1, -0.05) is 17.4 Å². The highest BCUT2D eigenvalue weighted by Gasteiger charge is 2.21. The highest BCUT2D eigenvalue weighted by atomic mass is 32.2. The fourth-order valence-corrected chi connectivity index (χ4v) is 3.16. The molecule has 2 aromatic carbocycles. The second kappa shape index (κ2) is 9.17. The first-order chi connectivity index (χ1) is 13.3. The molecular weight excluding hydrogens is 390 g/mol. The van der Waals surface area contributed by atoms with Crippen molar-refractivity contribution in [3.8, 4) is 5.75 Å². The monoisotopic (exact) mass is 409 g/mol. The van der Waals surface area contributed by atoms with Gasteiger partial charge in [0, 0.05) is 5.69 Å². The number of methoxy groups -OCH3 is 1. The van der Waals surface area contributed by atoms with Crippen LogP contribution in [0.4, 0.5) is 10.5 Å². The van der Waals surface area contributed by atoms with E-state index in [2.05, 4.69) is 15.0 Å². The molecule has 11 heteroatoms. The number of rotatable bonds is 7. The Balaban J connectivity index is 2.13. The number of nitrogens with one attached hydrogen (secondary N) is 2. The van der Waals surface area contributed by atoms with E-state index in [1.165, 1.54) is 51.7 Å². The summed E-state index contributed by atoms with van der Waals surface area (Å²) in [6.07, 6.45) is 0. The standard InChI is InChI=1S/C17H19N3O7S/c1-25-15-7-5-4-6-14(15)16(21)19-28(23,24)13-10-8-12(9-11-13)18-17(22)20(26-2)27-3/h4-11H,1-3H3,(H,18,22)(H,19,21). The minimum atomic E-state index is -4.13. The number of hydroxylamine groups is 2. The molecule has 0 fully saturated rings. The number of benzene rings is 2. The van der Waals surface area contributed by atoms with Gasteiger partial charge in [0.05, 0.1) is 31.8 Å². The zero-order valence-corrected chi connectivity index (χ0v) is 16.1. The number of ether oxygens (including phenoxy) is 1. The number of hydrogen-bond donors (Lipinski definition) is 2. The van der Waals surface area contributed by atoms with Crippen molar-refractivity contribution in [3.63, 3.8) is 0 Å². The maximum Gasteiger partial charge on any atom is 0.371 e. The lowest BCUT2D eigenvalue weighted by molar-refractivity contribution is -0.295. The third kappa shape index (κ3) is 4.97. The van der Waals surface area contributed by atoms with Gasteiger partial charge < -0.3 is 10.1 Å². The van der Waals surface area contributed by atoms with Crippen molar-refractivity contribution in [2.75, 3.05) is 26.6 Å². The number of amides is 3. The van der Waals surface area contributed by atoms with Gasteiger partial charge in [0.1, 0.15) is 5.75 Å². The van der Waals surface area contributed by atoms with E-state index in [0.29, 0.717) is 10.9 Å². The van der Waals surface area contributed by atoms with Gasteiger partial charge in [-0.25, -0.2) is 27.6 Å². The van der Waals surface area contributed by atoms with E-state index in [-0.39, 0.29) is 16.2 Å². The van der Waals surface area contributed by atoms with Crippen LogP contribution in [0.25, 0.3) is 0 Å². The topological polar surface area (TPSA) is 123 Å². The molecule has 0 saturated carbocycles. The van der Waals surface area contributed by atoms with E-state index in [1.54, 1.807) is 18.2 Å². The van der Waals surface area contributed by atoms with Crippen LogP contribution >= 0.6 is 0 Å². The Morgan fingerprint density at radius 3 is 2.11 bits per heavy atom. The summed E-state index contributed by atoms with van der Waals surface area (Å²) in [7, 11) is -0.276. The fraction of sp³-hybridized carbons (Fsp3) is 0.176. The van der Waals surface area contributed by atoms with Crippen LogP contribution in [0.2, 0.25) is 0 Å². The second-order valence-electron chi connectivity index (χ2n) is 5.21. The Morgan fingerprint density at radius 1 is 0.929 bits per heavy atom. The molecule has 0 spiro atoms. The molecule has 2 N–H and O–H groups in total. The normalized spacial score (nSPS) is 10.8. The summed E-state index contributed by atoms with van der Waals surface area (Å²) in [5.41, 5.74) is 0.371. The molecule has 0 radical (unpaired) electrons. The first-order valence-electron chi connectivity index (χ1n) is 7.82. The zero-order chi connectivity index (χ0) is 20.7. The van der Waals surface area contributed by atoms with Crippen LogP contribution in [-0.2, 0) is 19.7 Å². The largest absolute Gasteiger partial charge is 0.496 e. The second-order valence-corrected chi connectivity index (χ2v) is 6.89. The van der Waals surface area contributed by atoms with Gasteiger partial charge in [0.2, 0.25) is 0 Å². The van der Waals surface area contributed by atoms with E-state index in [0.717, 1.165) is 0 Å². The Kier molecular flexibility index (Phi) is 6.93. The van der Waals surface area contributed by atoms with E-state index < -0.39 is 22.0 Å². The van der Waals surface area contributed by atoms with Gasteiger partial charge in [-0.05, 0) is 36.4 Å². The summed E-state index contributed by atoms with van der Waals surface area (Å²) in [4.78, 5) is 33.3. The molecule has 3 amide bonds. The van der Waals surface area contributed by atoms with Crippen LogP contribution in [-0.4, -0.2) is 46.9 Å². The SMILES string of the molecule is COc1ccccc1C(=O)NS(=O)(=O)c1ccc(NC(=O)N(OC)OC)cc1. The van der Waals surface area contributed by atoms with Crippen molar-refractivity contribution in [1.29, 1.82) is 0 Å². The van der Waals surface area contributed by atoms with E-state index in [1.807, 2.05) is 4.72 Å². The van der Waals surface area contributed by atoms with Gasteiger partial charge in [-0.3, -0.25) is 4.79 Å². The smallest absolute Gasteiger partial charge is 0.371 e. The molecule has 150 valence electrons. The number of nitrogens with zero attached hydrogens (tertiary/aromatic N) is 1. The lowest BCUT2D eigenvalue weighted by atomic mass is 10.2. The zero-order valence-electron chi connectivity index (χ0n) is 15.3.